The van der Waals surface area contributed by atoms with Crippen molar-refractivity contribution in [1.82, 2.24) is 19.7 Å². The number of likely N-dealkylation sites (tertiary alicyclic amines) is 1. The van der Waals surface area contributed by atoms with Gasteiger partial charge in [-0.2, -0.15) is 5.10 Å². The molecular weight excluding hydrogens is 243 g/mol. The van der Waals surface area contributed by atoms with E-state index in [0.717, 1.165) is 31.4 Å². The Kier molecular flexibility index (Phi) is 3.26. The van der Waals surface area contributed by atoms with Gasteiger partial charge in [-0.3, -0.25) is 9.67 Å². The van der Waals surface area contributed by atoms with Gasteiger partial charge >= 0.3 is 7.12 Å². The van der Waals surface area contributed by atoms with Crippen molar-refractivity contribution in [3.63, 3.8) is 0 Å². The van der Waals surface area contributed by atoms with Gasteiger partial charge in [-0.25, -0.2) is 0 Å². The molecule has 0 aliphatic carbocycles. The highest BCUT2D eigenvalue weighted by Gasteiger charge is 2.21. The topological polar surface area (TPSA) is 74.4 Å². The van der Waals surface area contributed by atoms with E-state index >= 15 is 0 Å². The van der Waals surface area contributed by atoms with Crippen molar-refractivity contribution in [1.29, 1.82) is 0 Å². The van der Waals surface area contributed by atoms with Crippen molar-refractivity contribution in [2.75, 3.05) is 20.1 Å². The molecule has 0 aromatic carbocycles. The molecule has 0 bridgehead atoms. The zero-order chi connectivity index (χ0) is 13.4. The number of hydrogen-bond acceptors (Lipinski definition) is 5. The van der Waals surface area contributed by atoms with E-state index in [1.165, 1.54) is 0 Å². The summed E-state index contributed by atoms with van der Waals surface area (Å²) in [7, 11) is 0.601. The van der Waals surface area contributed by atoms with Crippen LogP contribution in [0.1, 0.15) is 18.9 Å². The second kappa shape index (κ2) is 4.92. The van der Waals surface area contributed by atoms with Gasteiger partial charge in [0.1, 0.15) is 5.52 Å². The fraction of sp³-hybridized carbons (Fsp3) is 0.500. The van der Waals surface area contributed by atoms with E-state index < -0.39 is 7.12 Å². The van der Waals surface area contributed by atoms with Crippen LogP contribution in [0.15, 0.2) is 18.3 Å². The van der Waals surface area contributed by atoms with Crippen LogP contribution in [0, 0.1) is 0 Å². The molecule has 100 valence electrons. The zero-order valence-corrected chi connectivity index (χ0v) is 10.9. The Balaban J connectivity index is 1.92. The highest BCUT2D eigenvalue weighted by Crippen LogP contribution is 2.24. The molecule has 6 nitrogen and oxygen atoms in total. The van der Waals surface area contributed by atoms with Crippen molar-refractivity contribution < 1.29 is 10.0 Å². The molecule has 0 unspecified atom stereocenters. The van der Waals surface area contributed by atoms with E-state index in [9.17, 15) is 0 Å². The van der Waals surface area contributed by atoms with Crippen LogP contribution >= 0.6 is 0 Å². The predicted octanol–water partition coefficient (Wildman–Crippen LogP) is -0.622. The minimum atomic E-state index is -1.53. The summed E-state index contributed by atoms with van der Waals surface area (Å²) in [6, 6.07) is 3.91. The van der Waals surface area contributed by atoms with E-state index in [2.05, 4.69) is 22.0 Å². The van der Waals surface area contributed by atoms with Crippen LogP contribution in [0.5, 0.6) is 0 Å². The highest BCUT2D eigenvalue weighted by atomic mass is 16.4. The molecule has 0 atom stereocenters. The number of piperidine rings is 1. The molecule has 7 heteroatoms. The summed E-state index contributed by atoms with van der Waals surface area (Å²) in [6.07, 6.45) is 3.86. The maximum Gasteiger partial charge on any atom is 0.508 e. The molecule has 0 spiro atoms. The maximum absolute atomic E-state index is 9.13. The number of rotatable bonds is 2. The van der Waals surface area contributed by atoms with Crippen LogP contribution in [-0.2, 0) is 0 Å². The van der Waals surface area contributed by atoms with Gasteiger partial charge in [0, 0.05) is 0 Å². The molecule has 1 aliphatic heterocycles. The first-order valence-electron chi connectivity index (χ1n) is 6.54. The Morgan fingerprint density at radius 2 is 2.00 bits per heavy atom. The van der Waals surface area contributed by atoms with Gasteiger partial charge in [-0.05, 0) is 45.1 Å². The Labute approximate surface area is 111 Å². The molecule has 1 saturated heterocycles. The average molecular weight is 260 g/mol. The first-order chi connectivity index (χ1) is 9.15. The van der Waals surface area contributed by atoms with Crippen LogP contribution in [0.2, 0.25) is 0 Å². The molecule has 19 heavy (non-hydrogen) atoms. The van der Waals surface area contributed by atoms with E-state index in [4.69, 9.17) is 10.0 Å². The van der Waals surface area contributed by atoms with Crippen molar-refractivity contribution in [3.8, 4) is 0 Å². The van der Waals surface area contributed by atoms with Gasteiger partial charge in [-0.1, -0.05) is 0 Å². The molecule has 0 saturated carbocycles. The summed E-state index contributed by atoms with van der Waals surface area (Å²) in [5.41, 5.74) is 1.93. The Morgan fingerprint density at radius 1 is 1.26 bits per heavy atom. The molecule has 2 aromatic rings. The summed E-state index contributed by atoms with van der Waals surface area (Å²) in [6.45, 7) is 2.15. The van der Waals surface area contributed by atoms with E-state index in [1.54, 1.807) is 12.3 Å². The lowest BCUT2D eigenvalue weighted by molar-refractivity contribution is 0.215. The summed E-state index contributed by atoms with van der Waals surface area (Å²) in [5, 5.41) is 22.7. The normalized spacial score (nSPS) is 18.1. The van der Waals surface area contributed by atoms with Crippen LogP contribution in [-0.4, -0.2) is 57.0 Å². The van der Waals surface area contributed by atoms with E-state index in [-0.39, 0.29) is 5.59 Å². The van der Waals surface area contributed by atoms with Gasteiger partial charge in [0.05, 0.1) is 23.3 Å². The number of nitrogens with zero attached hydrogens (tertiary/aromatic N) is 4. The fourth-order valence-electron chi connectivity index (χ4n) is 2.63. The summed E-state index contributed by atoms with van der Waals surface area (Å²) in [5.74, 6) is 0. The third-order valence-corrected chi connectivity index (χ3v) is 3.77. The summed E-state index contributed by atoms with van der Waals surface area (Å²) >= 11 is 0. The second-order valence-corrected chi connectivity index (χ2v) is 5.14. The third-order valence-electron chi connectivity index (χ3n) is 3.77. The minimum Gasteiger partial charge on any atom is -0.422 e. The number of pyridine rings is 1. The van der Waals surface area contributed by atoms with Gasteiger partial charge in [-0.15, -0.1) is 0 Å². The minimum absolute atomic E-state index is 0.260. The highest BCUT2D eigenvalue weighted by molar-refractivity contribution is 6.57. The van der Waals surface area contributed by atoms with Gasteiger partial charge in [0.25, 0.3) is 0 Å². The fourth-order valence-corrected chi connectivity index (χ4v) is 2.63. The molecule has 1 fully saturated rings. The SMILES string of the molecule is CN1CCC(n2ncc3nc(B(O)O)ccc32)CC1. The standard InChI is InChI=1S/C12H17BN4O2/c1-16-6-4-9(5-7-16)17-11-2-3-12(13(18)19)15-10(11)8-14-17/h2-3,8-9,18-19H,4-7H2,1H3. The van der Waals surface area contributed by atoms with E-state index in [1.807, 2.05) is 10.7 Å². The van der Waals surface area contributed by atoms with Gasteiger partial charge in [0.2, 0.25) is 0 Å². The maximum atomic E-state index is 9.13. The van der Waals surface area contributed by atoms with Crippen LogP contribution in [0.25, 0.3) is 11.0 Å². The van der Waals surface area contributed by atoms with Crippen molar-refractivity contribution in [3.05, 3.63) is 18.3 Å². The van der Waals surface area contributed by atoms with Crippen LogP contribution in [0.4, 0.5) is 0 Å². The van der Waals surface area contributed by atoms with E-state index in [0.29, 0.717) is 11.6 Å². The predicted molar refractivity (Wildman–Crippen MR) is 73.1 cm³/mol. The largest absolute Gasteiger partial charge is 0.508 e. The molecule has 0 radical (unpaired) electrons. The van der Waals surface area contributed by atoms with Crippen LogP contribution in [0.3, 0.4) is 0 Å². The molecular formula is C12H17BN4O2. The van der Waals surface area contributed by atoms with Gasteiger partial charge in [0.15, 0.2) is 0 Å². The Bertz CT molecular complexity index is 578. The smallest absolute Gasteiger partial charge is 0.422 e. The molecule has 0 amide bonds. The van der Waals surface area contributed by atoms with Crippen molar-refractivity contribution in [2.45, 2.75) is 18.9 Å². The van der Waals surface area contributed by atoms with Crippen LogP contribution < -0.4 is 5.59 Å². The first kappa shape index (κ1) is 12.6. The number of aromatic nitrogens is 3. The monoisotopic (exact) mass is 260 g/mol. The lowest BCUT2D eigenvalue weighted by Gasteiger charge is -2.29. The summed E-state index contributed by atoms with van der Waals surface area (Å²) < 4.78 is 2.02. The molecule has 2 N–H and O–H groups in total. The molecule has 3 rings (SSSR count). The first-order valence-corrected chi connectivity index (χ1v) is 6.54. The molecule has 1 aliphatic rings. The quantitative estimate of drug-likeness (QED) is 0.704. The second-order valence-electron chi connectivity index (χ2n) is 5.14. The Morgan fingerprint density at radius 3 is 2.68 bits per heavy atom. The Hall–Kier alpha value is -1.44. The lowest BCUT2D eigenvalue weighted by atomic mass is 9.85. The van der Waals surface area contributed by atoms with Crippen molar-refractivity contribution >= 4 is 23.7 Å². The number of fused-ring (bicyclic) bond motifs is 1. The summed E-state index contributed by atoms with van der Waals surface area (Å²) in [4.78, 5) is 6.53. The average Bonchev–Trinajstić information content (AvgIpc) is 2.82. The number of hydrogen-bond donors (Lipinski definition) is 2. The van der Waals surface area contributed by atoms with Crippen molar-refractivity contribution in [2.24, 2.45) is 0 Å². The third kappa shape index (κ3) is 2.36. The zero-order valence-electron chi connectivity index (χ0n) is 10.9. The molecule has 3 heterocycles. The van der Waals surface area contributed by atoms with Gasteiger partial charge < -0.3 is 14.9 Å². The molecule has 2 aromatic heterocycles. The lowest BCUT2D eigenvalue weighted by Crippen LogP contribution is -2.33.